The molecule has 1 atom stereocenters. The number of hydrogen-bond donors (Lipinski definition) is 3. The van der Waals surface area contributed by atoms with Crippen LogP contribution in [0.2, 0.25) is 0 Å². The summed E-state index contributed by atoms with van der Waals surface area (Å²) in [4.78, 5) is 10.9. The summed E-state index contributed by atoms with van der Waals surface area (Å²) in [7, 11) is 0. The Hall–Kier alpha value is -1.39. The molecule has 0 heterocycles. The molecule has 106 valence electrons. The van der Waals surface area contributed by atoms with Gasteiger partial charge in [-0.3, -0.25) is 4.79 Å². The van der Waals surface area contributed by atoms with E-state index in [1.54, 1.807) is 0 Å². The van der Waals surface area contributed by atoms with Crippen molar-refractivity contribution in [1.29, 1.82) is 0 Å². The Kier molecular flexibility index (Phi) is 5.51. The highest BCUT2D eigenvalue weighted by molar-refractivity contribution is 5.88. The number of aliphatic hydroxyl groups is 1. The molecule has 0 aromatic heterocycles. The highest BCUT2D eigenvalue weighted by atomic mass is 16.3. The Morgan fingerprint density at radius 3 is 2.37 bits per heavy atom. The van der Waals surface area contributed by atoms with Crippen LogP contribution in [0.15, 0.2) is 24.3 Å². The van der Waals surface area contributed by atoms with Crippen molar-refractivity contribution >= 4 is 11.6 Å². The minimum Gasteiger partial charge on any atom is -0.389 e. The summed E-state index contributed by atoms with van der Waals surface area (Å²) in [6, 6.07) is 7.67. The van der Waals surface area contributed by atoms with Gasteiger partial charge in [-0.1, -0.05) is 26.0 Å². The third kappa shape index (κ3) is 5.41. The first kappa shape index (κ1) is 15.7. The Bertz CT molecular complexity index is 411. The molecule has 1 aromatic rings. The summed E-state index contributed by atoms with van der Waals surface area (Å²) in [6.45, 7) is 8.59. The van der Waals surface area contributed by atoms with E-state index in [4.69, 9.17) is 0 Å². The monoisotopic (exact) mass is 264 g/mol. The summed E-state index contributed by atoms with van der Waals surface area (Å²) >= 11 is 0. The van der Waals surface area contributed by atoms with Crippen molar-refractivity contribution in [3.05, 3.63) is 29.8 Å². The third-order valence-electron chi connectivity index (χ3n) is 3.33. The smallest absolute Gasteiger partial charge is 0.221 e. The maximum atomic E-state index is 10.9. The fourth-order valence-corrected chi connectivity index (χ4v) is 1.57. The van der Waals surface area contributed by atoms with Gasteiger partial charge in [0.2, 0.25) is 5.91 Å². The number of amides is 1. The zero-order valence-electron chi connectivity index (χ0n) is 12.2. The first-order chi connectivity index (χ1) is 8.81. The average molecular weight is 264 g/mol. The van der Waals surface area contributed by atoms with E-state index < -0.39 is 5.60 Å². The van der Waals surface area contributed by atoms with E-state index in [-0.39, 0.29) is 11.8 Å². The van der Waals surface area contributed by atoms with E-state index >= 15 is 0 Å². The molecule has 1 aromatic carbocycles. The van der Waals surface area contributed by atoms with Gasteiger partial charge in [0.25, 0.3) is 0 Å². The van der Waals surface area contributed by atoms with Crippen LogP contribution in [0.25, 0.3) is 0 Å². The predicted molar refractivity (Wildman–Crippen MR) is 77.9 cm³/mol. The van der Waals surface area contributed by atoms with Crippen molar-refractivity contribution in [2.24, 2.45) is 5.92 Å². The predicted octanol–water partition coefficient (Wildman–Crippen LogP) is 2.14. The molecule has 0 bridgehead atoms. The van der Waals surface area contributed by atoms with E-state index in [1.165, 1.54) is 6.92 Å². The van der Waals surface area contributed by atoms with Gasteiger partial charge in [-0.15, -0.1) is 0 Å². The molecule has 0 spiro atoms. The third-order valence-corrected chi connectivity index (χ3v) is 3.33. The van der Waals surface area contributed by atoms with Crippen LogP contribution in [-0.2, 0) is 11.3 Å². The molecule has 0 saturated carbocycles. The molecule has 0 aliphatic carbocycles. The fourth-order valence-electron chi connectivity index (χ4n) is 1.57. The topological polar surface area (TPSA) is 61.4 Å². The van der Waals surface area contributed by atoms with Gasteiger partial charge in [0.05, 0.1) is 5.60 Å². The molecular formula is C15H24N2O2. The Labute approximate surface area is 115 Å². The first-order valence-electron chi connectivity index (χ1n) is 6.61. The van der Waals surface area contributed by atoms with Gasteiger partial charge in [0.1, 0.15) is 0 Å². The standard InChI is InChI=1S/C15H24N2O2/c1-11(2)15(4,19)10-16-9-13-5-7-14(8-6-13)17-12(3)18/h5-8,11,16,19H,9-10H2,1-4H3,(H,17,18). The molecule has 0 radical (unpaired) electrons. The summed E-state index contributed by atoms with van der Waals surface area (Å²) in [5, 5.41) is 16.1. The fraction of sp³-hybridized carbons (Fsp3) is 0.533. The van der Waals surface area contributed by atoms with E-state index in [0.29, 0.717) is 13.1 Å². The summed E-state index contributed by atoms with van der Waals surface area (Å²) < 4.78 is 0. The number of carbonyl (C=O) groups is 1. The van der Waals surface area contributed by atoms with Crippen molar-refractivity contribution in [2.45, 2.75) is 39.8 Å². The van der Waals surface area contributed by atoms with Crippen LogP contribution in [0.3, 0.4) is 0 Å². The number of anilines is 1. The van der Waals surface area contributed by atoms with Crippen LogP contribution < -0.4 is 10.6 Å². The maximum absolute atomic E-state index is 10.9. The van der Waals surface area contributed by atoms with Crippen molar-refractivity contribution in [2.75, 3.05) is 11.9 Å². The van der Waals surface area contributed by atoms with E-state index in [0.717, 1.165) is 11.3 Å². The van der Waals surface area contributed by atoms with Gasteiger partial charge in [-0.05, 0) is 30.5 Å². The van der Waals surface area contributed by atoms with Gasteiger partial charge in [0.15, 0.2) is 0 Å². The number of hydrogen-bond acceptors (Lipinski definition) is 3. The summed E-state index contributed by atoms with van der Waals surface area (Å²) in [5.74, 6) is 0.140. The van der Waals surface area contributed by atoms with Gasteiger partial charge in [0, 0.05) is 25.7 Å². The van der Waals surface area contributed by atoms with Crippen LogP contribution in [0, 0.1) is 5.92 Å². The molecule has 4 nitrogen and oxygen atoms in total. The number of carbonyl (C=O) groups excluding carboxylic acids is 1. The number of rotatable bonds is 6. The molecule has 0 aliphatic rings. The second-order valence-corrected chi connectivity index (χ2v) is 5.49. The summed E-state index contributed by atoms with van der Waals surface area (Å²) in [6.07, 6.45) is 0. The van der Waals surface area contributed by atoms with Gasteiger partial charge >= 0.3 is 0 Å². The molecule has 3 N–H and O–H groups in total. The normalized spacial score (nSPS) is 14.2. The Morgan fingerprint density at radius 2 is 1.89 bits per heavy atom. The maximum Gasteiger partial charge on any atom is 0.221 e. The molecule has 4 heteroatoms. The van der Waals surface area contributed by atoms with Gasteiger partial charge in [-0.2, -0.15) is 0 Å². The van der Waals surface area contributed by atoms with Crippen LogP contribution in [0.5, 0.6) is 0 Å². The van der Waals surface area contributed by atoms with E-state index in [2.05, 4.69) is 10.6 Å². The molecule has 0 saturated heterocycles. The molecular weight excluding hydrogens is 240 g/mol. The largest absolute Gasteiger partial charge is 0.389 e. The van der Waals surface area contributed by atoms with Crippen molar-refractivity contribution < 1.29 is 9.90 Å². The summed E-state index contributed by atoms with van der Waals surface area (Å²) in [5.41, 5.74) is 1.22. The quantitative estimate of drug-likeness (QED) is 0.737. The lowest BCUT2D eigenvalue weighted by atomic mass is 9.92. The van der Waals surface area contributed by atoms with Crippen LogP contribution in [0.1, 0.15) is 33.3 Å². The average Bonchev–Trinajstić information content (AvgIpc) is 2.30. The SMILES string of the molecule is CC(=O)Nc1ccc(CNCC(C)(O)C(C)C)cc1. The minimum atomic E-state index is -0.698. The minimum absolute atomic E-state index is 0.0705. The highest BCUT2D eigenvalue weighted by Gasteiger charge is 2.23. The molecule has 0 fully saturated rings. The Morgan fingerprint density at radius 1 is 1.32 bits per heavy atom. The molecule has 0 aliphatic heterocycles. The molecule has 1 amide bonds. The van der Waals surface area contributed by atoms with Gasteiger partial charge < -0.3 is 15.7 Å². The first-order valence-corrected chi connectivity index (χ1v) is 6.61. The second-order valence-electron chi connectivity index (χ2n) is 5.49. The zero-order valence-corrected chi connectivity index (χ0v) is 12.2. The van der Waals surface area contributed by atoms with Gasteiger partial charge in [-0.25, -0.2) is 0 Å². The van der Waals surface area contributed by atoms with Crippen molar-refractivity contribution in [3.63, 3.8) is 0 Å². The highest BCUT2D eigenvalue weighted by Crippen LogP contribution is 2.15. The number of benzene rings is 1. The van der Waals surface area contributed by atoms with E-state index in [1.807, 2.05) is 45.0 Å². The van der Waals surface area contributed by atoms with Crippen LogP contribution in [0.4, 0.5) is 5.69 Å². The van der Waals surface area contributed by atoms with Crippen molar-refractivity contribution in [3.8, 4) is 0 Å². The Balaban J connectivity index is 2.44. The lowest BCUT2D eigenvalue weighted by molar-refractivity contribution is -0.114. The second kappa shape index (κ2) is 6.68. The molecule has 19 heavy (non-hydrogen) atoms. The number of nitrogens with one attached hydrogen (secondary N) is 2. The van der Waals surface area contributed by atoms with E-state index in [9.17, 15) is 9.90 Å². The lowest BCUT2D eigenvalue weighted by Gasteiger charge is -2.28. The molecule has 1 rings (SSSR count). The zero-order chi connectivity index (χ0) is 14.5. The van der Waals surface area contributed by atoms with Crippen molar-refractivity contribution in [1.82, 2.24) is 5.32 Å². The van der Waals surface area contributed by atoms with Crippen LogP contribution in [-0.4, -0.2) is 23.2 Å². The molecule has 1 unspecified atom stereocenters. The lowest BCUT2D eigenvalue weighted by Crippen LogP contribution is -2.41. The van der Waals surface area contributed by atoms with Crippen LogP contribution >= 0.6 is 0 Å².